The number of hydrogen-bond donors (Lipinski definition) is 0. The lowest BCUT2D eigenvalue weighted by atomic mass is 10.0. The summed E-state index contributed by atoms with van der Waals surface area (Å²) in [5.41, 5.74) is 4.57. The van der Waals surface area contributed by atoms with Gasteiger partial charge in [0.2, 0.25) is 0 Å². The van der Waals surface area contributed by atoms with E-state index in [9.17, 15) is 0 Å². The molecule has 0 saturated heterocycles. The molecule has 8 aromatic rings. The van der Waals surface area contributed by atoms with Crippen molar-refractivity contribution in [2.24, 2.45) is 0 Å². The normalized spacial score (nSPS) is 12.1. The standard InChI is InChI=1S/C31H18N2S/c1-2-7-20-17-22-18-23(12-11-21(22)16-19(20)6-1)33-26-14-13-25-24-8-3-4-10-28(24)34-31(25)29(26)30-27(33)9-5-15-32-30/h1-18H. The SMILES string of the molecule is c1ccc2cc3cc(-n4c5cccnc5c5c6sc7ccccc7c6ccc54)ccc3cc2c1. The number of benzene rings is 5. The van der Waals surface area contributed by atoms with Crippen LogP contribution in [-0.4, -0.2) is 9.55 Å². The fraction of sp³-hybridized carbons (Fsp3) is 0. The minimum atomic E-state index is 1.06. The van der Waals surface area contributed by atoms with Crippen LogP contribution in [0, 0.1) is 0 Å². The van der Waals surface area contributed by atoms with E-state index in [2.05, 4.69) is 102 Å². The van der Waals surface area contributed by atoms with Crippen LogP contribution < -0.4 is 0 Å². The molecular formula is C31H18N2S. The van der Waals surface area contributed by atoms with Crippen LogP contribution in [0.1, 0.15) is 0 Å². The Balaban J connectivity index is 1.49. The van der Waals surface area contributed by atoms with Crippen LogP contribution in [-0.2, 0) is 0 Å². The molecule has 3 aromatic heterocycles. The molecule has 0 N–H and O–H groups in total. The average molecular weight is 451 g/mol. The number of rotatable bonds is 1. The van der Waals surface area contributed by atoms with Crippen molar-refractivity contribution in [3.8, 4) is 5.69 Å². The third-order valence-corrected chi connectivity index (χ3v) is 8.18. The van der Waals surface area contributed by atoms with Crippen LogP contribution in [0.5, 0.6) is 0 Å². The van der Waals surface area contributed by atoms with Gasteiger partial charge in [-0.05, 0) is 70.1 Å². The summed E-state index contributed by atoms with van der Waals surface area (Å²) >= 11 is 1.87. The van der Waals surface area contributed by atoms with Crippen LogP contribution in [0.4, 0.5) is 0 Å². The maximum Gasteiger partial charge on any atom is 0.0977 e. The van der Waals surface area contributed by atoms with Gasteiger partial charge in [0.05, 0.1) is 16.6 Å². The van der Waals surface area contributed by atoms with E-state index in [4.69, 9.17) is 4.98 Å². The summed E-state index contributed by atoms with van der Waals surface area (Å²) in [6.07, 6.45) is 1.91. The first kappa shape index (κ1) is 18.2. The van der Waals surface area contributed by atoms with Gasteiger partial charge in [-0.2, -0.15) is 0 Å². The molecule has 0 fully saturated rings. The van der Waals surface area contributed by atoms with Crippen molar-refractivity contribution in [3.05, 3.63) is 109 Å². The minimum Gasteiger partial charge on any atom is -0.308 e. The predicted octanol–water partition coefficient (Wildman–Crippen LogP) is 8.85. The Morgan fingerprint density at radius 2 is 1.38 bits per heavy atom. The molecule has 3 heterocycles. The van der Waals surface area contributed by atoms with Gasteiger partial charge in [-0.15, -0.1) is 11.3 Å². The highest BCUT2D eigenvalue weighted by Gasteiger charge is 2.18. The lowest BCUT2D eigenvalue weighted by Crippen LogP contribution is -1.94. The van der Waals surface area contributed by atoms with E-state index in [1.807, 2.05) is 23.6 Å². The van der Waals surface area contributed by atoms with Crippen molar-refractivity contribution in [2.45, 2.75) is 0 Å². The van der Waals surface area contributed by atoms with Crippen LogP contribution in [0.3, 0.4) is 0 Å². The molecule has 0 saturated carbocycles. The van der Waals surface area contributed by atoms with Crippen molar-refractivity contribution in [1.82, 2.24) is 9.55 Å². The van der Waals surface area contributed by atoms with Gasteiger partial charge in [0.1, 0.15) is 0 Å². The monoisotopic (exact) mass is 450 g/mol. The zero-order valence-corrected chi connectivity index (χ0v) is 19.0. The summed E-state index contributed by atoms with van der Waals surface area (Å²) in [6.45, 7) is 0. The molecule has 8 rings (SSSR count). The Hall–Kier alpha value is -4.21. The molecule has 5 aromatic carbocycles. The molecule has 3 heteroatoms. The molecule has 0 aliphatic carbocycles. The minimum absolute atomic E-state index is 1.06. The van der Waals surface area contributed by atoms with Crippen LogP contribution in [0.25, 0.3) is 69.3 Å². The van der Waals surface area contributed by atoms with Gasteiger partial charge < -0.3 is 4.57 Å². The van der Waals surface area contributed by atoms with Gasteiger partial charge in [-0.3, -0.25) is 4.98 Å². The highest BCUT2D eigenvalue weighted by atomic mass is 32.1. The topological polar surface area (TPSA) is 17.8 Å². The Bertz CT molecular complexity index is 2080. The molecule has 34 heavy (non-hydrogen) atoms. The second kappa shape index (κ2) is 6.66. The van der Waals surface area contributed by atoms with Crippen molar-refractivity contribution in [3.63, 3.8) is 0 Å². The van der Waals surface area contributed by atoms with Gasteiger partial charge in [0.25, 0.3) is 0 Å². The van der Waals surface area contributed by atoms with E-state index < -0.39 is 0 Å². The number of aromatic nitrogens is 2. The first-order valence-corrected chi connectivity index (χ1v) is 12.3. The second-order valence-corrected chi connectivity index (χ2v) is 9.92. The van der Waals surface area contributed by atoms with Crippen molar-refractivity contribution in [2.75, 3.05) is 0 Å². The molecule has 0 spiro atoms. The van der Waals surface area contributed by atoms with E-state index in [1.54, 1.807) is 0 Å². The highest BCUT2D eigenvalue weighted by molar-refractivity contribution is 7.26. The molecule has 0 radical (unpaired) electrons. The van der Waals surface area contributed by atoms with Crippen LogP contribution in [0.15, 0.2) is 109 Å². The molecule has 0 atom stereocenters. The number of hydrogen-bond acceptors (Lipinski definition) is 2. The quantitative estimate of drug-likeness (QED) is 0.228. The van der Waals surface area contributed by atoms with Crippen LogP contribution in [0.2, 0.25) is 0 Å². The summed E-state index contributed by atoms with van der Waals surface area (Å²) in [5, 5.41) is 8.92. The molecular weight excluding hydrogens is 432 g/mol. The summed E-state index contributed by atoms with van der Waals surface area (Å²) in [5.74, 6) is 0. The Labute approximate surface area is 199 Å². The molecule has 0 amide bonds. The Morgan fingerprint density at radius 3 is 2.29 bits per heavy atom. The van der Waals surface area contributed by atoms with Gasteiger partial charge >= 0.3 is 0 Å². The summed E-state index contributed by atoms with van der Waals surface area (Å²) < 4.78 is 5.00. The predicted molar refractivity (Wildman–Crippen MR) is 146 cm³/mol. The van der Waals surface area contributed by atoms with E-state index in [1.165, 1.54) is 52.6 Å². The third kappa shape index (κ3) is 2.42. The van der Waals surface area contributed by atoms with Crippen LogP contribution >= 0.6 is 11.3 Å². The van der Waals surface area contributed by atoms with Crippen molar-refractivity contribution in [1.29, 1.82) is 0 Å². The molecule has 158 valence electrons. The molecule has 0 unspecified atom stereocenters. The lowest BCUT2D eigenvalue weighted by Gasteiger charge is -2.10. The highest BCUT2D eigenvalue weighted by Crippen LogP contribution is 2.42. The number of fused-ring (bicyclic) bond motifs is 9. The van der Waals surface area contributed by atoms with Gasteiger partial charge in [0, 0.05) is 37.4 Å². The summed E-state index contributed by atoms with van der Waals surface area (Å²) in [7, 11) is 0. The van der Waals surface area contributed by atoms with Crippen molar-refractivity contribution >= 4 is 75.0 Å². The smallest absolute Gasteiger partial charge is 0.0977 e. The fourth-order valence-corrected chi connectivity index (χ4v) is 6.68. The first-order valence-electron chi connectivity index (χ1n) is 11.5. The second-order valence-electron chi connectivity index (χ2n) is 8.87. The zero-order valence-electron chi connectivity index (χ0n) is 18.2. The van der Waals surface area contributed by atoms with Gasteiger partial charge in [0.15, 0.2) is 0 Å². The lowest BCUT2D eigenvalue weighted by molar-refractivity contribution is 1.18. The summed E-state index contributed by atoms with van der Waals surface area (Å²) in [4.78, 5) is 4.86. The van der Waals surface area contributed by atoms with E-state index >= 15 is 0 Å². The number of thiophene rings is 1. The fourth-order valence-electron chi connectivity index (χ4n) is 5.44. The molecule has 2 nitrogen and oxygen atoms in total. The van der Waals surface area contributed by atoms with Gasteiger partial charge in [-0.1, -0.05) is 54.6 Å². The largest absolute Gasteiger partial charge is 0.308 e. The number of pyridine rings is 1. The van der Waals surface area contributed by atoms with Crippen molar-refractivity contribution < 1.29 is 0 Å². The first-order chi connectivity index (χ1) is 16.8. The molecule has 0 aliphatic rings. The Morgan fingerprint density at radius 1 is 0.588 bits per heavy atom. The number of nitrogens with zero attached hydrogens (tertiary/aromatic N) is 2. The van der Waals surface area contributed by atoms with E-state index in [0.717, 1.165) is 16.7 Å². The average Bonchev–Trinajstić information content (AvgIpc) is 3.43. The van der Waals surface area contributed by atoms with E-state index in [0.29, 0.717) is 0 Å². The van der Waals surface area contributed by atoms with E-state index in [-0.39, 0.29) is 0 Å². The zero-order chi connectivity index (χ0) is 22.2. The Kier molecular flexibility index (Phi) is 3.57. The molecule has 0 bridgehead atoms. The van der Waals surface area contributed by atoms with Gasteiger partial charge in [-0.25, -0.2) is 0 Å². The maximum atomic E-state index is 4.86. The maximum absolute atomic E-state index is 4.86. The molecule has 0 aliphatic heterocycles. The summed E-state index contributed by atoms with van der Waals surface area (Å²) in [6, 6.07) is 37.4. The third-order valence-electron chi connectivity index (χ3n) is 6.98.